The fourth-order valence-electron chi connectivity index (χ4n) is 3.25. The number of benzene rings is 1. The van der Waals surface area contributed by atoms with Crippen LogP contribution in [-0.4, -0.2) is 11.2 Å². The van der Waals surface area contributed by atoms with Gasteiger partial charge in [0.2, 0.25) is 0 Å². The molecular weight excluding hydrogens is 212 g/mol. The van der Waals surface area contributed by atoms with Crippen LogP contribution in [0.25, 0.3) is 0 Å². The smallest absolute Gasteiger partial charge is 0.181 e. The van der Waals surface area contributed by atoms with Crippen LogP contribution in [0.3, 0.4) is 0 Å². The Hall–Kier alpha value is -0.860. The molecule has 2 nitrogen and oxygen atoms in total. The molecule has 0 radical (unpaired) electrons. The zero-order valence-corrected chi connectivity index (χ0v) is 10.1. The average molecular weight is 232 g/mol. The summed E-state index contributed by atoms with van der Waals surface area (Å²) in [7, 11) is 0. The standard InChI is InChI=1S/C15H20O2/c16-15-13-9-5-4-8-12(13)10-14(17-15)11-6-2-1-3-7-11/h4-5,8-9,11,14-16H,1-3,6-7,10H2/t14-,15+/m0/s1. The molecule has 17 heavy (non-hydrogen) atoms. The zero-order valence-electron chi connectivity index (χ0n) is 10.1. The van der Waals surface area contributed by atoms with Crippen molar-refractivity contribution in [3.8, 4) is 0 Å². The maximum Gasteiger partial charge on any atom is 0.181 e. The fraction of sp³-hybridized carbons (Fsp3) is 0.600. The predicted molar refractivity (Wildman–Crippen MR) is 66.6 cm³/mol. The van der Waals surface area contributed by atoms with E-state index < -0.39 is 6.29 Å². The Morgan fingerprint density at radius 1 is 1.06 bits per heavy atom. The van der Waals surface area contributed by atoms with Gasteiger partial charge in [0.1, 0.15) is 0 Å². The summed E-state index contributed by atoms with van der Waals surface area (Å²) in [6.07, 6.45) is 7.01. The molecule has 0 spiro atoms. The molecule has 3 rings (SSSR count). The van der Waals surface area contributed by atoms with Crippen LogP contribution in [0.2, 0.25) is 0 Å². The Labute approximate surface area is 103 Å². The van der Waals surface area contributed by atoms with Crippen molar-refractivity contribution in [3.63, 3.8) is 0 Å². The Morgan fingerprint density at radius 2 is 1.82 bits per heavy atom. The van der Waals surface area contributed by atoms with Crippen molar-refractivity contribution in [3.05, 3.63) is 35.4 Å². The van der Waals surface area contributed by atoms with Gasteiger partial charge < -0.3 is 9.84 Å². The first-order valence-electron chi connectivity index (χ1n) is 6.76. The van der Waals surface area contributed by atoms with Gasteiger partial charge in [0.15, 0.2) is 6.29 Å². The monoisotopic (exact) mass is 232 g/mol. The van der Waals surface area contributed by atoms with E-state index >= 15 is 0 Å². The third-order valence-electron chi connectivity index (χ3n) is 4.22. The Kier molecular flexibility index (Phi) is 3.17. The van der Waals surface area contributed by atoms with E-state index in [4.69, 9.17) is 4.74 Å². The largest absolute Gasteiger partial charge is 0.364 e. The number of ether oxygens (including phenoxy) is 1. The molecule has 0 aromatic heterocycles. The lowest BCUT2D eigenvalue weighted by atomic mass is 9.81. The molecule has 0 saturated heterocycles. The molecule has 1 N–H and O–H groups in total. The van der Waals surface area contributed by atoms with Crippen molar-refractivity contribution in [2.45, 2.75) is 50.9 Å². The molecule has 1 saturated carbocycles. The van der Waals surface area contributed by atoms with Crippen LogP contribution >= 0.6 is 0 Å². The molecule has 0 amide bonds. The van der Waals surface area contributed by atoms with E-state index in [0.717, 1.165) is 12.0 Å². The lowest BCUT2D eigenvalue weighted by Crippen LogP contribution is -2.33. The summed E-state index contributed by atoms with van der Waals surface area (Å²) in [5, 5.41) is 10.0. The molecular formula is C15H20O2. The quantitative estimate of drug-likeness (QED) is 0.805. The van der Waals surface area contributed by atoms with Gasteiger partial charge in [-0.15, -0.1) is 0 Å². The Bertz CT molecular complexity index is 382. The van der Waals surface area contributed by atoms with Gasteiger partial charge >= 0.3 is 0 Å². The van der Waals surface area contributed by atoms with Crippen LogP contribution in [0.4, 0.5) is 0 Å². The van der Waals surface area contributed by atoms with Crippen molar-refractivity contribution in [1.29, 1.82) is 0 Å². The lowest BCUT2D eigenvalue weighted by molar-refractivity contribution is -0.167. The lowest BCUT2D eigenvalue weighted by Gasteiger charge is -2.36. The molecule has 1 aliphatic heterocycles. The summed E-state index contributed by atoms with van der Waals surface area (Å²) in [6.45, 7) is 0. The second-order valence-corrected chi connectivity index (χ2v) is 5.33. The number of rotatable bonds is 1. The number of aliphatic hydroxyl groups is 1. The summed E-state index contributed by atoms with van der Waals surface area (Å²) in [4.78, 5) is 0. The van der Waals surface area contributed by atoms with Gasteiger partial charge in [-0.25, -0.2) is 0 Å². The summed E-state index contributed by atoms with van der Waals surface area (Å²) >= 11 is 0. The van der Waals surface area contributed by atoms with Crippen LogP contribution in [0.1, 0.15) is 49.5 Å². The molecule has 1 fully saturated rings. The molecule has 1 aromatic rings. The van der Waals surface area contributed by atoms with Gasteiger partial charge in [0.05, 0.1) is 6.10 Å². The van der Waals surface area contributed by atoms with Crippen molar-refractivity contribution in [2.75, 3.05) is 0 Å². The van der Waals surface area contributed by atoms with Crippen LogP contribution < -0.4 is 0 Å². The summed E-state index contributed by atoms with van der Waals surface area (Å²) < 4.78 is 5.81. The third kappa shape index (κ3) is 2.24. The van der Waals surface area contributed by atoms with Gasteiger partial charge in [-0.3, -0.25) is 0 Å². The molecule has 0 unspecified atom stereocenters. The highest BCUT2D eigenvalue weighted by atomic mass is 16.6. The van der Waals surface area contributed by atoms with Gasteiger partial charge in [-0.1, -0.05) is 43.5 Å². The van der Waals surface area contributed by atoms with Crippen LogP contribution in [0, 0.1) is 5.92 Å². The van der Waals surface area contributed by atoms with E-state index in [2.05, 4.69) is 12.1 Å². The minimum atomic E-state index is -0.716. The first-order valence-corrected chi connectivity index (χ1v) is 6.76. The fourth-order valence-corrected chi connectivity index (χ4v) is 3.25. The van der Waals surface area contributed by atoms with Gasteiger partial charge in [0, 0.05) is 5.56 Å². The van der Waals surface area contributed by atoms with Gasteiger partial charge in [-0.2, -0.15) is 0 Å². The minimum Gasteiger partial charge on any atom is -0.364 e. The predicted octanol–water partition coefficient (Wildman–Crippen LogP) is 3.20. The SMILES string of the molecule is O[C@@H]1O[C@H](C2CCCCC2)Cc2ccccc21. The molecule has 2 atom stereocenters. The normalized spacial score (nSPS) is 29.9. The summed E-state index contributed by atoms with van der Waals surface area (Å²) in [5.41, 5.74) is 2.22. The zero-order chi connectivity index (χ0) is 11.7. The molecule has 0 bridgehead atoms. The third-order valence-corrected chi connectivity index (χ3v) is 4.22. The molecule has 1 aromatic carbocycles. The summed E-state index contributed by atoms with van der Waals surface area (Å²) in [6, 6.07) is 8.11. The van der Waals surface area contributed by atoms with Crippen LogP contribution in [-0.2, 0) is 11.2 Å². The Balaban J connectivity index is 1.78. The highest BCUT2D eigenvalue weighted by Crippen LogP contribution is 2.36. The first kappa shape index (κ1) is 11.2. The number of aliphatic hydroxyl groups excluding tert-OH is 1. The topological polar surface area (TPSA) is 29.5 Å². The van der Waals surface area contributed by atoms with E-state index in [9.17, 15) is 5.11 Å². The van der Waals surface area contributed by atoms with E-state index in [0.29, 0.717) is 5.92 Å². The maximum atomic E-state index is 10.0. The molecule has 1 aliphatic carbocycles. The number of fused-ring (bicyclic) bond motifs is 1. The van der Waals surface area contributed by atoms with E-state index in [-0.39, 0.29) is 6.10 Å². The van der Waals surface area contributed by atoms with Gasteiger partial charge in [0.25, 0.3) is 0 Å². The maximum absolute atomic E-state index is 10.0. The number of hydrogen-bond donors (Lipinski definition) is 1. The first-order chi connectivity index (χ1) is 8.34. The van der Waals surface area contributed by atoms with Crippen molar-refractivity contribution < 1.29 is 9.84 Å². The van der Waals surface area contributed by atoms with E-state index in [1.54, 1.807) is 0 Å². The Morgan fingerprint density at radius 3 is 2.65 bits per heavy atom. The van der Waals surface area contributed by atoms with E-state index in [1.165, 1.54) is 37.7 Å². The van der Waals surface area contributed by atoms with Crippen molar-refractivity contribution in [2.24, 2.45) is 5.92 Å². The molecule has 2 aliphatic rings. The second-order valence-electron chi connectivity index (χ2n) is 5.33. The molecule has 92 valence electrons. The highest BCUT2D eigenvalue weighted by molar-refractivity contribution is 5.30. The van der Waals surface area contributed by atoms with Crippen molar-refractivity contribution in [1.82, 2.24) is 0 Å². The summed E-state index contributed by atoms with van der Waals surface area (Å²) in [5.74, 6) is 0.645. The highest BCUT2D eigenvalue weighted by Gasteiger charge is 2.31. The second kappa shape index (κ2) is 4.79. The van der Waals surface area contributed by atoms with Gasteiger partial charge in [-0.05, 0) is 30.7 Å². The average Bonchev–Trinajstić information content (AvgIpc) is 2.40. The van der Waals surface area contributed by atoms with Crippen LogP contribution in [0.15, 0.2) is 24.3 Å². The molecule has 1 heterocycles. The molecule has 2 heteroatoms. The minimum absolute atomic E-state index is 0.222. The van der Waals surface area contributed by atoms with Crippen molar-refractivity contribution >= 4 is 0 Å². The van der Waals surface area contributed by atoms with E-state index in [1.807, 2.05) is 12.1 Å². The van der Waals surface area contributed by atoms with Crippen LogP contribution in [0.5, 0.6) is 0 Å². The number of hydrogen-bond acceptors (Lipinski definition) is 2.